The first-order valence-electron chi connectivity index (χ1n) is 6.87. The Kier molecular flexibility index (Phi) is 4.51. The minimum absolute atomic E-state index is 0.273. The second kappa shape index (κ2) is 6.35. The molecule has 1 unspecified atom stereocenters. The van der Waals surface area contributed by atoms with Gasteiger partial charge in [-0.3, -0.25) is 9.88 Å². The van der Waals surface area contributed by atoms with Crippen molar-refractivity contribution in [2.24, 2.45) is 0 Å². The third-order valence-electron chi connectivity index (χ3n) is 3.69. The number of aromatic nitrogens is 1. The second-order valence-corrected chi connectivity index (χ2v) is 7.53. The highest BCUT2D eigenvalue weighted by Crippen LogP contribution is 2.35. The molecule has 2 aromatic heterocycles. The first-order valence-corrected chi connectivity index (χ1v) is 8.48. The van der Waals surface area contributed by atoms with Gasteiger partial charge in [-0.2, -0.15) is 0 Å². The van der Waals surface area contributed by atoms with Crippen LogP contribution in [0.3, 0.4) is 0 Å². The number of aryl methyl sites for hydroxylation is 1. The molecule has 1 saturated heterocycles. The summed E-state index contributed by atoms with van der Waals surface area (Å²) >= 11 is 5.39. The zero-order valence-corrected chi connectivity index (χ0v) is 13.9. The molecule has 1 fully saturated rings. The molecule has 106 valence electrons. The first-order chi connectivity index (χ1) is 9.75. The monoisotopic (exact) mass is 351 g/mol. The summed E-state index contributed by atoms with van der Waals surface area (Å²) in [6.45, 7) is 6.39. The van der Waals surface area contributed by atoms with Gasteiger partial charge in [0.05, 0.1) is 15.5 Å². The van der Waals surface area contributed by atoms with E-state index >= 15 is 0 Å². The Morgan fingerprint density at radius 1 is 1.30 bits per heavy atom. The molecule has 5 heteroatoms. The van der Waals surface area contributed by atoms with Crippen molar-refractivity contribution >= 4 is 27.3 Å². The Labute approximate surface area is 132 Å². The number of hydrogen-bond donors (Lipinski definition) is 1. The summed E-state index contributed by atoms with van der Waals surface area (Å²) in [7, 11) is 0. The van der Waals surface area contributed by atoms with Gasteiger partial charge < -0.3 is 5.32 Å². The fourth-order valence-electron chi connectivity index (χ4n) is 2.69. The highest BCUT2D eigenvalue weighted by molar-refractivity contribution is 9.11. The van der Waals surface area contributed by atoms with Crippen LogP contribution in [0.2, 0.25) is 0 Å². The molecule has 3 nitrogen and oxygen atoms in total. The van der Waals surface area contributed by atoms with Crippen LogP contribution < -0.4 is 5.32 Å². The van der Waals surface area contributed by atoms with E-state index in [4.69, 9.17) is 0 Å². The molecule has 0 amide bonds. The second-order valence-electron chi connectivity index (χ2n) is 5.04. The smallest absolute Gasteiger partial charge is 0.0873 e. The summed E-state index contributed by atoms with van der Waals surface area (Å²) in [6.07, 6.45) is 1.90. The average molecular weight is 352 g/mol. The normalized spacial score (nSPS) is 18.1. The number of thiophene rings is 1. The highest BCUT2D eigenvalue weighted by Gasteiger charge is 2.27. The van der Waals surface area contributed by atoms with Crippen LogP contribution in [-0.4, -0.2) is 36.1 Å². The molecule has 1 aliphatic rings. The quantitative estimate of drug-likeness (QED) is 0.920. The fraction of sp³-hybridized carbons (Fsp3) is 0.400. The van der Waals surface area contributed by atoms with Crippen molar-refractivity contribution in [1.29, 1.82) is 0 Å². The summed E-state index contributed by atoms with van der Waals surface area (Å²) in [5, 5.41) is 3.42. The van der Waals surface area contributed by atoms with Crippen molar-refractivity contribution < 1.29 is 0 Å². The number of piperazine rings is 1. The van der Waals surface area contributed by atoms with Gasteiger partial charge in [0, 0.05) is 37.3 Å². The van der Waals surface area contributed by atoms with Gasteiger partial charge in [0.25, 0.3) is 0 Å². The highest BCUT2D eigenvalue weighted by atomic mass is 79.9. The minimum Gasteiger partial charge on any atom is -0.314 e. The lowest BCUT2D eigenvalue weighted by atomic mass is 10.0. The summed E-state index contributed by atoms with van der Waals surface area (Å²) in [5.41, 5.74) is 2.45. The van der Waals surface area contributed by atoms with Crippen LogP contribution in [0.4, 0.5) is 0 Å². The fourth-order valence-corrected chi connectivity index (χ4v) is 4.25. The maximum absolute atomic E-state index is 4.67. The molecule has 0 saturated carbocycles. The van der Waals surface area contributed by atoms with Crippen molar-refractivity contribution in [1.82, 2.24) is 15.2 Å². The third-order valence-corrected chi connectivity index (χ3v) is 5.37. The number of rotatable bonds is 3. The van der Waals surface area contributed by atoms with E-state index in [1.165, 1.54) is 19.9 Å². The van der Waals surface area contributed by atoms with Gasteiger partial charge in [-0.25, -0.2) is 0 Å². The topological polar surface area (TPSA) is 28.2 Å². The van der Waals surface area contributed by atoms with E-state index in [9.17, 15) is 0 Å². The summed E-state index contributed by atoms with van der Waals surface area (Å²) in [5.74, 6) is 0. The minimum atomic E-state index is 0.273. The molecule has 1 aliphatic heterocycles. The lowest BCUT2D eigenvalue weighted by molar-refractivity contribution is 0.197. The molecule has 0 aromatic carbocycles. The van der Waals surface area contributed by atoms with E-state index < -0.39 is 0 Å². The van der Waals surface area contributed by atoms with Crippen molar-refractivity contribution in [3.63, 3.8) is 0 Å². The largest absolute Gasteiger partial charge is 0.314 e. The molecule has 1 atom stereocenters. The van der Waals surface area contributed by atoms with Crippen molar-refractivity contribution in [2.75, 3.05) is 26.2 Å². The molecule has 0 bridgehead atoms. The molecule has 20 heavy (non-hydrogen) atoms. The third kappa shape index (κ3) is 2.96. The van der Waals surface area contributed by atoms with Crippen molar-refractivity contribution in [3.8, 4) is 0 Å². The predicted octanol–water partition coefficient (Wildman–Crippen LogP) is 3.21. The van der Waals surface area contributed by atoms with Gasteiger partial charge in [0.2, 0.25) is 0 Å². The van der Waals surface area contributed by atoms with E-state index in [1.807, 2.05) is 23.6 Å². The lowest BCUT2D eigenvalue weighted by Gasteiger charge is -2.34. The van der Waals surface area contributed by atoms with E-state index in [2.05, 4.69) is 56.3 Å². The van der Waals surface area contributed by atoms with Gasteiger partial charge in [-0.15, -0.1) is 11.3 Å². The molecular weight excluding hydrogens is 334 g/mol. The standard InChI is InChI=1S/C15H18BrN3S/c1-11-3-2-6-18-14(11)15(12-4-5-13(16)20-12)19-9-7-17-8-10-19/h2-6,15,17H,7-10H2,1H3. The summed E-state index contributed by atoms with van der Waals surface area (Å²) in [6, 6.07) is 8.79. The zero-order valence-electron chi connectivity index (χ0n) is 11.5. The molecule has 0 aliphatic carbocycles. The Hall–Kier alpha value is -0.750. The van der Waals surface area contributed by atoms with Gasteiger partial charge in [0.1, 0.15) is 0 Å². The number of nitrogens with zero attached hydrogens (tertiary/aromatic N) is 2. The van der Waals surface area contributed by atoms with Crippen LogP contribution in [-0.2, 0) is 0 Å². The van der Waals surface area contributed by atoms with Crippen molar-refractivity contribution in [2.45, 2.75) is 13.0 Å². The van der Waals surface area contributed by atoms with Gasteiger partial charge in [0.15, 0.2) is 0 Å². The number of halogens is 1. The lowest BCUT2D eigenvalue weighted by Crippen LogP contribution is -2.45. The Bertz CT molecular complexity index is 578. The molecule has 3 heterocycles. The Balaban J connectivity index is 2.01. The SMILES string of the molecule is Cc1cccnc1C(c1ccc(Br)s1)N1CCNCC1. The number of nitrogens with one attached hydrogen (secondary N) is 1. The van der Waals surface area contributed by atoms with E-state index in [0.717, 1.165) is 26.2 Å². The van der Waals surface area contributed by atoms with Crippen LogP contribution in [0.15, 0.2) is 34.2 Å². The van der Waals surface area contributed by atoms with E-state index in [-0.39, 0.29) is 6.04 Å². The summed E-state index contributed by atoms with van der Waals surface area (Å²) < 4.78 is 1.18. The predicted molar refractivity (Wildman–Crippen MR) is 87.3 cm³/mol. The Morgan fingerprint density at radius 2 is 2.10 bits per heavy atom. The number of pyridine rings is 1. The summed E-state index contributed by atoms with van der Waals surface area (Å²) in [4.78, 5) is 8.56. The van der Waals surface area contributed by atoms with Crippen LogP contribution in [0, 0.1) is 6.92 Å². The van der Waals surface area contributed by atoms with Crippen LogP contribution in [0.1, 0.15) is 22.2 Å². The molecule has 0 radical (unpaired) electrons. The van der Waals surface area contributed by atoms with E-state index in [1.54, 1.807) is 0 Å². The zero-order chi connectivity index (χ0) is 13.9. The Morgan fingerprint density at radius 3 is 2.75 bits per heavy atom. The maximum Gasteiger partial charge on any atom is 0.0873 e. The molecule has 1 N–H and O–H groups in total. The van der Waals surface area contributed by atoms with Crippen LogP contribution in [0.25, 0.3) is 0 Å². The van der Waals surface area contributed by atoms with E-state index in [0.29, 0.717) is 0 Å². The first kappa shape index (κ1) is 14.2. The molecule has 2 aromatic rings. The van der Waals surface area contributed by atoms with Gasteiger partial charge in [-0.1, -0.05) is 6.07 Å². The van der Waals surface area contributed by atoms with Gasteiger partial charge in [-0.05, 0) is 46.6 Å². The van der Waals surface area contributed by atoms with Crippen LogP contribution in [0.5, 0.6) is 0 Å². The molecule has 0 spiro atoms. The van der Waals surface area contributed by atoms with Gasteiger partial charge >= 0.3 is 0 Å². The average Bonchev–Trinajstić information content (AvgIpc) is 2.89. The van der Waals surface area contributed by atoms with Crippen LogP contribution >= 0.6 is 27.3 Å². The molecular formula is C15H18BrN3S. The maximum atomic E-state index is 4.67. The molecule has 3 rings (SSSR count). The van der Waals surface area contributed by atoms with Crippen molar-refractivity contribution in [3.05, 3.63) is 50.4 Å². The number of hydrogen-bond acceptors (Lipinski definition) is 4.